The van der Waals surface area contributed by atoms with Crippen molar-refractivity contribution in [2.45, 2.75) is 45.3 Å². The maximum atomic E-state index is 12.4. The highest BCUT2D eigenvalue weighted by Gasteiger charge is 2.34. The molecule has 0 unspecified atom stereocenters. The van der Waals surface area contributed by atoms with Crippen LogP contribution in [0.15, 0.2) is 18.2 Å². The fraction of sp³-hybridized carbons (Fsp3) is 0.471. The summed E-state index contributed by atoms with van der Waals surface area (Å²) in [5.41, 5.74) is 1.67. The fourth-order valence-corrected chi connectivity index (χ4v) is 2.86. The number of carbonyl (C=O) groups is 2. The smallest absolute Gasteiger partial charge is 0.410 e. The van der Waals surface area contributed by atoms with Crippen molar-refractivity contribution in [2.75, 3.05) is 6.54 Å². The second kappa shape index (κ2) is 5.68. The lowest BCUT2D eigenvalue weighted by molar-refractivity contribution is 0.0219. The van der Waals surface area contributed by atoms with Gasteiger partial charge in [-0.25, -0.2) is 9.78 Å². The van der Waals surface area contributed by atoms with Gasteiger partial charge in [0.15, 0.2) is 0 Å². The lowest BCUT2D eigenvalue weighted by atomic mass is 10.2. The monoisotopic (exact) mass is 315 g/mol. The van der Waals surface area contributed by atoms with Gasteiger partial charge < -0.3 is 9.72 Å². The average molecular weight is 315 g/mol. The van der Waals surface area contributed by atoms with Crippen molar-refractivity contribution in [2.24, 2.45) is 0 Å². The minimum atomic E-state index is -0.517. The van der Waals surface area contributed by atoms with E-state index >= 15 is 0 Å². The number of hydrogen-bond donors (Lipinski definition) is 1. The van der Waals surface area contributed by atoms with Crippen molar-refractivity contribution in [1.82, 2.24) is 14.9 Å². The molecule has 122 valence electrons. The Bertz CT molecular complexity index is 745. The molecule has 0 aliphatic carbocycles. The number of H-pyrrole nitrogens is 1. The van der Waals surface area contributed by atoms with Crippen molar-refractivity contribution < 1.29 is 14.3 Å². The molecule has 0 radical (unpaired) electrons. The summed E-state index contributed by atoms with van der Waals surface area (Å²) in [5.74, 6) is 0.742. The van der Waals surface area contributed by atoms with Crippen LogP contribution in [-0.2, 0) is 4.74 Å². The van der Waals surface area contributed by atoms with E-state index in [1.54, 1.807) is 17.0 Å². The standard InChI is InChI=1S/C17H21N3O3/c1-17(2,3)23-16(22)20-8-4-5-14(20)15-18-12-7-6-11(10-21)9-13(12)19-15/h6-7,9-10,14H,4-5,8H2,1-3H3,(H,18,19)/t14-/m0/s1. The summed E-state index contributed by atoms with van der Waals surface area (Å²) >= 11 is 0. The predicted molar refractivity (Wildman–Crippen MR) is 86.4 cm³/mol. The number of carbonyl (C=O) groups excluding carboxylic acids is 2. The molecule has 1 atom stereocenters. The Hall–Kier alpha value is -2.37. The molecular formula is C17H21N3O3. The highest BCUT2D eigenvalue weighted by molar-refractivity contribution is 5.84. The normalized spacial score (nSPS) is 18.4. The number of likely N-dealkylation sites (tertiary alicyclic amines) is 1. The van der Waals surface area contributed by atoms with Crippen LogP contribution in [0.2, 0.25) is 0 Å². The number of aldehydes is 1. The first-order valence-corrected chi connectivity index (χ1v) is 7.82. The Morgan fingerprint density at radius 3 is 2.91 bits per heavy atom. The first-order chi connectivity index (χ1) is 10.9. The van der Waals surface area contributed by atoms with Gasteiger partial charge in [-0.15, -0.1) is 0 Å². The minimum Gasteiger partial charge on any atom is -0.444 e. The predicted octanol–water partition coefficient (Wildman–Crippen LogP) is 3.45. The van der Waals surface area contributed by atoms with Crippen LogP contribution < -0.4 is 0 Å². The van der Waals surface area contributed by atoms with Crippen LogP contribution in [0.5, 0.6) is 0 Å². The number of ether oxygens (including phenoxy) is 1. The minimum absolute atomic E-state index is 0.114. The van der Waals surface area contributed by atoms with Crippen molar-refractivity contribution in [3.8, 4) is 0 Å². The average Bonchev–Trinajstić information content (AvgIpc) is 3.10. The number of nitrogens with zero attached hydrogens (tertiary/aromatic N) is 2. The highest BCUT2D eigenvalue weighted by Crippen LogP contribution is 2.32. The summed E-state index contributed by atoms with van der Waals surface area (Å²) in [6.45, 7) is 6.24. The van der Waals surface area contributed by atoms with Gasteiger partial charge in [-0.05, 0) is 51.8 Å². The second-order valence-corrected chi connectivity index (χ2v) is 6.85. The maximum absolute atomic E-state index is 12.4. The van der Waals surface area contributed by atoms with Gasteiger partial charge in [-0.1, -0.05) is 0 Å². The molecule has 1 amide bonds. The first-order valence-electron chi connectivity index (χ1n) is 7.82. The molecule has 6 heteroatoms. The molecule has 1 aromatic carbocycles. The molecule has 1 N–H and O–H groups in total. The van der Waals surface area contributed by atoms with E-state index in [0.29, 0.717) is 12.1 Å². The summed E-state index contributed by atoms with van der Waals surface area (Å²) in [6.07, 6.45) is 2.25. The molecule has 1 aliphatic heterocycles. The number of fused-ring (bicyclic) bond motifs is 1. The molecule has 0 bridgehead atoms. The molecule has 1 aromatic heterocycles. The Balaban J connectivity index is 1.87. The summed E-state index contributed by atoms with van der Waals surface area (Å²) in [6, 6.07) is 5.21. The molecule has 2 heterocycles. The third-order valence-corrected chi connectivity index (χ3v) is 3.86. The molecule has 3 rings (SSSR count). The van der Waals surface area contributed by atoms with E-state index in [2.05, 4.69) is 9.97 Å². The number of nitrogens with one attached hydrogen (secondary N) is 1. The van der Waals surface area contributed by atoms with Crippen LogP contribution >= 0.6 is 0 Å². The van der Waals surface area contributed by atoms with Crippen molar-refractivity contribution in [3.63, 3.8) is 0 Å². The van der Waals surface area contributed by atoms with E-state index in [4.69, 9.17) is 4.74 Å². The largest absolute Gasteiger partial charge is 0.444 e. The molecule has 0 spiro atoms. The highest BCUT2D eigenvalue weighted by atomic mass is 16.6. The van der Waals surface area contributed by atoms with Crippen LogP contribution in [0.4, 0.5) is 4.79 Å². The van der Waals surface area contributed by atoms with Gasteiger partial charge in [0.2, 0.25) is 0 Å². The number of aromatic amines is 1. The van der Waals surface area contributed by atoms with Gasteiger partial charge >= 0.3 is 6.09 Å². The van der Waals surface area contributed by atoms with E-state index in [-0.39, 0.29) is 12.1 Å². The number of hydrogen-bond acceptors (Lipinski definition) is 4. The lowest BCUT2D eigenvalue weighted by Gasteiger charge is -2.27. The Kier molecular flexibility index (Phi) is 3.83. The Morgan fingerprint density at radius 1 is 1.43 bits per heavy atom. The Morgan fingerprint density at radius 2 is 2.22 bits per heavy atom. The quantitative estimate of drug-likeness (QED) is 0.861. The molecule has 6 nitrogen and oxygen atoms in total. The zero-order chi connectivity index (χ0) is 16.6. The summed E-state index contributed by atoms with van der Waals surface area (Å²) in [5, 5.41) is 0. The summed E-state index contributed by atoms with van der Waals surface area (Å²) < 4.78 is 5.48. The van der Waals surface area contributed by atoms with Gasteiger partial charge in [-0.2, -0.15) is 0 Å². The number of rotatable bonds is 2. The Labute approximate surface area is 134 Å². The van der Waals surface area contributed by atoms with Crippen LogP contribution in [0.25, 0.3) is 11.0 Å². The molecule has 0 saturated carbocycles. The van der Waals surface area contributed by atoms with Gasteiger partial charge in [0.25, 0.3) is 0 Å². The van der Waals surface area contributed by atoms with Gasteiger partial charge in [0.05, 0.1) is 17.1 Å². The number of amides is 1. The van der Waals surface area contributed by atoms with Crippen molar-refractivity contribution >= 4 is 23.4 Å². The summed E-state index contributed by atoms with van der Waals surface area (Å²) in [7, 11) is 0. The fourth-order valence-electron chi connectivity index (χ4n) is 2.86. The van der Waals surface area contributed by atoms with E-state index in [0.717, 1.165) is 36.0 Å². The zero-order valence-corrected chi connectivity index (χ0v) is 13.6. The number of imidazole rings is 1. The molecule has 1 aliphatic rings. The SMILES string of the molecule is CC(C)(C)OC(=O)N1CCC[C@H]1c1nc2cc(C=O)ccc2[nH]1. The third kappa shape index (κ3) is 3.21. The van der Waals surface area contributed by atoms with E-state index in [1.165, 1.54) is 0 Å². The third-order valence-electron chi connectivity index (χ3n) is 3.86. The van der Waals surface area contributed by atoms with E-state index < -0.39 is 5.60 Å². The molecule has 1 fully saturated rings. The molecule has 1 saturated heterocycles. The maximum Gasteiger partial charge on any atom is 0.410 e. The number of benzene rings is 1. The lowest BCUT2D eigenvalue weighted by Crippen LogP contribution is -2.36. The molecule has 23 heavy (non-hydrogen) atoms. The molecular weight excluding hydrogens is 294 g/mol. The number of aromatic nitrogens is 2. The van der Waals surface area contributed by atoms with Crippen LogP contribution in [0, 0.1) is 0 Å². The van der Waals surface area contributed by atoms with Crippen LogP contribution in [0.1, 0.15) is 55.8 Å². The van der Waals surface area contributed by atoms with Gasteiger partial charge in [0, 0.05) is 12.1 Å². The molecule has 2 aromatic rings. The van der Waals surface area contributed by atoms with Crippen molar-refractivity contribution in [3.05, 3.63) is 29.6 Å². The van der Waals surface area contributed by atoms with Crippen molar-refractivity contribution in [1.29, 1.82) is 0 Å². The van der Waals surface area contributed by atoms with Crippen LogP contribution in [-0.4, -0.2) is 39.4 Å². The van der Waals surface area contributed by atoms with E-state index in [1.807, 2.05) is 26.8 Å². The van der Waals surface area contributed by atoms with Crippen LogP contribution in [0.3, 0.4) is 0 Å². The summed E-state index contributed by atoms with van der Waals surface area (Å²) in [4.78, 5) is 32.8. The second-order valence-electron chi connectivity index (χ2n) is 6.85. The zero-order valence-electron chi connectivity index (χ0n) is 13.6. The van der Waals surface area contributed by atoms with E-state index in [9.17, 15) is 9.59 Å². The first kappa shape index (κ1) is 15.5. The topological polar surface area (TPSA) is 75.3 Å². The van der Waals surface area contributed by atoms with Gasteiger partial charge in [0.1, 0.15) is 17.7 Å². The van der Waals surface area contributed by atoms with Gasteiger partial charge in [-0.3, -0.25) is 9.69 Å².